The normalized spacial score (nSPS) is 13.5. The van der Waals surface area contributed by atoms with Gasteiger partial charge in [-0.25, -0.2) is 13.8 Å². The lowest BCUT2D eigenvalue weighted by Gasteiger charge is -2.11. The van der Waals surface area contributed by atoms with E-state index in [2.05, 4.69) is 10.3 Å². The molecular formula is C8H12F2N2S. The van der Waals surface area contributed by atoms with Gasteiger partial charge in [0.05, 0.1) is 11.0 Å². The van der Waals surface area contributed by atoms with Crippen molar-refractivity contribution in [2.24, 2.45) is 0 Å². The third-order valence-electron chi connectivity index (χ3n) is 1.67. The highest BCUT2D eigenvalue weighted by Crippen LogP contribution is 2.04. The van der Waals surface area contributed by atoms with E-state index < -0.39 is 12.5 Å². The monoisotopic (exact) mass is 206 g/mol. The number of nitrogens with zero attached hydrogens (tertiary/aromatic N) is 1. The van der Waals surface area contributed by atoms with E-state index in [1.807, 2.05) is 5.38 Å². The van der Waals surface area contributed by atoms with Crippen LogP contribution in [0.25, 0.3) is 0 Å². The second-order valence-corrected chi connectivity index (χ2v) is 3.73. The van der Waals surface area contributed by atoms with E-state index in [0.717, 1.165) is 5.01 Å². The summed E-state index contributed by atoms with van der Waals surface area (Å²) in [6.07, 6.45) is 0.141. The molecule has 74 valence electrons. The molecule has 0 amide bonds. The molecule has 1 aromatic heterocycles. The number of halogens is 2. The summed E-state index contributed by atoms with van der Waals surface area (Å²) in [5.74, 6) is 0. The number of thiazole rings is 1. The highest BCUT2D eigenvalue weighted by atomic mass is 32.1. The predicted octanol–water partition coefficient (Wildman–Crippen LogP) is 1.93. The third-order valence-corrected chi connectivity index (χ3v) is 2.51. The molecule has 2 nitrogen and oxygen atoms in total. The average molecular weight is 206 g/mol. The number of alkyl halides is 2. The van der Waals surface area contributed by atoms with Gasteiger partial charge in [-0.2, -0.15) is 0 Å². The van der Waals surface area contributed by atoms with Crippen molar-refractivity contribution in [3.05, 3.63) is 16.6 Å². The molecule has 1 atom stereocenters. The molecule has 1 unspecified atom stereocenters. The van der Waals surface area contributed by atoms with Gasteiger partial charge >= 0.3 is 0 Å². The first-order valence-electron chi connectivity index (χ1n) is 4.10. The standard InChI is InChI=1S/C8H12F2N2S/c1-6(8(9)10)11-3-2-7-12-4-5-13-7/h4-6,8,11H,2-3H2,1H3. The van der Waals surface area contributed by atoms with Gasteiger partial charge in [0.1, 0.15) is 0 Å². The van der Waals surface area contributed by atoms with E-state index in [9.17, 15) is 8.78 Å². The lowest BCUT2D eigenvalue weighted by Crippen LogP contribution is -2.33. The maximum Gasteiger partial charge on any atom is 0.253 e. The summed E-state index contributed by atoms with van der Waals surface area (Å²) in [6, 6.07) is -0.736. The Balaban J connectivity index is 2.14. The number of hydrogen-bond acceptors (Lipinski definition) is 3. The van der Waals surface area contributed by atoms with Crippen molar-refractivity contribution < 1.29 is 8.78 Å². The number of rotatable bonds is 5. The molecule has 5 heteroatoms. The molecule has 0 saturated heterocycles. The van der Waals surface area contributed by atoms with Crippen LogP contribution in [0, 0.1) is 0 Å². The lowest BCUT2D eigenvalue weighted by atomic mass is 10.3. The Morgan fingerprint density at radius 1 is 1.62 bits per heavy atom. The summed E-state index contributed by atoms with van der Waals surface area (Å²) in [5, 5.41) is 5.60. The Labute approximate surface area is 80.0 Å². The maximum absolute atomic E-state index is 12.0. The third kappa shape index (κ3) is 3.78. The van der Waals surface area contributed by atoms with Gasteiger partial charge in [-0.05, 0) is 6.92 Å². The zero-order valence-corrected chi connectivity index (χ0v) is 8.15. The van der Waals surface area contributed by atoms with E-state index in [4.69, 9.17) is 0 Å². The van der Waals surface area contributed by atoms with Crippen molar-refractivity contribution in [3.63, 3.8) is 0 Å². The van der Waals surface area contributed by atoms with Gasteiger partial charge in [0.15, 0.2) is 0 Å². The first kappa shape index (κ1) is 10.5. The van der Waals surface area contributed by atoms with Crippen molar-refractivity contribution in [3.8, 4) is 0 Å². The van der Waals surface area contributed by atoms with Gasteiger partial charge in [0, 0.05) is 24.5 Å². The van der Waals surface area contributed by atoms with E-state index in [0.29, 0.717) is 13.0 Å². The van der Waals surface area contributed by atoms with Crippen molar-refractivity contribution in [2.75, 3.05) is 6.54 Å². The lowest BCUT2D eigenvalue weighted by molar-refractivity contribution is 0.106. The average Bonchev–Trinajstić information content (AvgIpc) is 2.56. The summed E-state index contributed by atoms with van der Waals surface area (Å²) in [7, 11) is 0. The van der Waals surface area contributed by atoms with Crippen molar-refractivity contribution in [1.29, 1.82) is 0 Å². The van der Waals surface area contributed by atoms with E-state index in [1.54, 1.807) is 17.5 Å². The van der Waals surface area contributed by atoms with Crippen LogP contribution < -0.4 is 5.32 Å². The fraction of sp³-hybridized carbons (Fsp3) is 0.625. The largest absolute Gasteiger partial charge is 0.309 e. The Hall–Kier alpha value is -0.550. The fourth-order valence-electron chi connectivity index (χ4n) is 0.872. The smallest absolute Gasteiger partial charge is 0.253 e. The van der Waals surface area contributed by atoms with Gasteiger partial charge in [0.2, 0.25) is 0 Å². The van der Waals surface area contributed by atoms with Crippen LogP contribution in [-0.2, 0) is 6.42 Å². The Bertz CT molecular complexity index is 226. The molecule has 1 heterocycles. The van der Waals surface area contributed by atoms with Crippen LogP contribution >= 0.6 is 11.3 Å². The Kier molecular flexibility index (Phi) is 4.24. The van der Waals surface area contributed by atoms with Gasteiger partial charge in [-0.3, -0.25) is 0 Å². The van der Waals surface area contributed by atoms with Crippen LogP contribution in [-0.4, -0.2) is 24.0 Å². The summed E-state index contributed by atoms with van der Waals surface area (Å²) in [4.78, 5) is 4.05. The zero-order valence-electron chi connectivity index (χ0n) is 7.34. The highest BCUT2D eigenvalue weighted by Gasteiger charge is 2.12. The van der Waals surface area contributed by atoms with E-state index in [1.165, 1.54) is 6.92 Å². The molecule has 0 bridgehead atoms. The fourth-order valence-corrected chi connectivity index (χ4v) is 1.49. The summed E-state index contributed by atoms with van der Waals surface area (Å²) < 4.78 is 24.0. The van der Waals surface area contributed by atoms with E-state index >= 15 is 0 Å². The minimum atomic E-state index is -2.30. The number of aromatic nitrogens is 1. The van der Waals surface area contributed by atoms with Crippen LogP contribution in [0.1, 0.15) is 11.9 Å². The summed E-state index contributed by atoms with van der Waals surface area (Å²) in [6.45, 7) is 2.03. The quantitative estimate of drug-likeness (QED) is 0.796. The first-order chi connectivity index (χ1) is 6.20. The molecule has 1 aromatic rings. The predicted molar refractivity (Wildman–Crippen MR) is 49.3 cm³/mol. The molecule has 1 N–H and O–H groups in total. The molecule has 0 fully saturated rings. The molecule has 0 saturated carbocycles. The van der Waals surface area contributed by atoms with E-state index in [-0.39, 0.29) is 0 Å². The Morgan fingerprint density at radius 3 is 2.92 bits per heavy atom. The van der Waals surface area contributed by atoms with Crippen LogP contribution in [0.4, 0.5) is 8.78 Å². The number of hydrogen-bond donors (Lipinski definition) is 1. The topological polar surface area (TPSA) is 24.9 Å². The highest BCUT2D eigenvalue weighted by molar-refractivity contribution is 7.09. The molecular weight excluding hydrogens is 194 g/mol. The molecule has 1 rings (SSSR count). The van der Waals surface area contributed by atoms with Crippen LogP contribution in [0.2, 0.25) is 0 Å². The summed E-state index contributed by atoms with van der Waals surface area (Å²) >= 11 is 1.54. The van der Waals surface area contributed by atoms with Gasteiger partial charge in [-0.1, -0.05) is 0 Å². The van der Waals surface area contributed by atoms with Crippen molar-refractivity contribution >= 4 is 11.3 Å². The minimum absolute atomic E-state index is 0.555. The van der Waals surface area contributed by atoms with Gasteiger partial charge in [0.25, 0.3) is 6.43 Å². The van der Waals surface area contributed by atoms with Crippen molar-refractivity contribution in [1.82, 2.24) is 10.3 Å². The SMILES string of the molecule is CC(NCCc1nccs1)C(F)F. The van der Waals surface area contributed by atoms with Crippen LogP contribution in [0.3, 0.4) is 0 Å². The van der Waals surface area contributed by atoms with Crippen LogP contribution in [0.5, 0.6) is 0 Å². The van der Waals surface area contributed by atoms with Crippen molar-refractivity contribution in [2.45, 2.75) is 25.8 Å². The molecule has 0 aliphatic rings. The molecule has 0 spiro atoms. The zero-order chi connectivity index (χ0) is 9.68. The molecule has 0 aliphatic heterocycles. The second-order valence-electron chi connectivity index (χ2n) is 2.75. The van der Waals surface area contributed by atoms with Gasteiger partial charge in [-0.15, -0.1) is 11.3 Å². The molecule has 0 radical (unpaired) electrons. The molecule has 0 aromatic carbocycles. The first-order valence-corrected chi connectivity index (χ1v) is 4.98. The minimum Gasteiger partial charge on any atom is -0.309 e. The van der Waals surface area contributed by atoms with Crippen LogP contribution in [0.15, 0.2) is 11.6 Å². The maximum atomic E-state index is 12.0. The molecule has 13 heavy (non-hydrogen) atoms. The summed E-state index contributed by atoms with van der Waals surface area (Å²) in [5.41, 5.74) is 0. The molecule has 0 aliphatic carbocycles. The number of nitrogens with one attached hydrogen (secondary N) is 1. The van der Waals surface area contributed by atoms with Gasteiger partial charge < -0.3 is 5.32 Å². The Morgan fingerprint density at radius 2 is 2.38 bits per heavy atom. The second kappa shape index (κ2) is 5.24.